The van der Waals surface area contributed by atoms with Crippen LogP contribution in [-0.2, 0) is 20.9 Å². The van der Waals surface area contributed by atoms with E-state index in [0.29, 0.717) is 24.2 Å². The maximum atomic E-state index is 12.5. The smallest absolute Gasteiger partial charge is 0.294 e. The van der Waals surface area contributed by atoms with Crippen LogP contribution >= 0.6 is 0 Å². The Morgan fingerprint density at radius 2 is 1.14 bits per heavy atom. The van der Waals surface area contributed by atoms with Gasteiger partial charge < -0.3 is 14.4 Å². The van der Waals surface area contributed by atoms with Crippen molar-refractivity contribution in [2.24, 2.45) is 5.10 Å². The van der Waals surface area contributed by atoms with Crippen LogP contribution < -0.4 is 4.83 Å². The van der Waals surface area contributed by atoms with E-state index in [0.717, 1.165) is 51.6 Å². The number of hydrazone groups is 1. The van der Waals surface area contributed by atoms with Crippen LogP contribution in [-0.4, -0.2) is 68.0 Å². The molecule has 11 heteroatoms. The van der Waals surface area contributed by atoms with E-state index < -0.39 is 11.3 Å². The summed E-state index contributed by atoms with van der Waals surface area (Å²) in [6, 6.07) is 17.6. The first kappa shape index (κ1) is 31.1. The summed E-state index contributed by atoms with van der Waals surface area (Å²) in [4.78, 5) is 41.5. The van der Waals surface area contributed by atoms with Crippen LogP contribution in [0.2, 0.25) is 0 Å². The van der Waals surface area contributed by atoms with Gasteiger partial charge in [-0.05, 0) is 38.5 Å². The Morgan fingerprint density at radius 3 is 1.59 bits per heavy atom. The van der Waals surface area contributed by atoms with Crippen LogP contribution in [0, 0.1) is 37.7 Å². The number of carbonyl (C=O) groups excluding carboxylic acids is 3. The van der Waals surface area contributed by atoms with Crippen molar-refractivity contribution < 1.29 is 60.9 Å². The van der Waals surface area contributed by atoms with Crippen molar-refractivity contribution in [3.8, 4) is 0 Å². The molecular weight excluding hydrogens is 520 g/mol. The van der Waals surface area contributed by atoms with E-state index in [-0.39, 0.29) is 61.0 Å². The van der Waals surface area contributed by atoms with E-state index in [1.54, 1.807) is 58.3 Å². The van der Waals surface area contributed by atoms with Gasteiger partial charge in [-0.25, -0.2) is 4.83 Å². The first-order valence-electron chi connectivity index (χ1n) is 12.1. The summed E-state index contributed by atoms with van der Waals surface area (Å²) in [5.74, 6) is -0.984. The third-order valence-corrected chi connectivity index (χ3v) is 6.24. The van der Waals surface area contributed by atoms with Crippen molar-refractivity contribution in [2.45, 2.75) is 38.5 Å². The minimum atomic E-state index is -2.54. The van der Waals surface area contributed by atoms with Gasteiger partial charge in [-0.1, -0.05) is 60.7 Å². The number of Topliss-reactive ketones (excluding diaryl/α,β-unsaturated/α-hetero) is 1. The number of hydrogen-bond acceptors (Lipinski definition) is 6. The molecule has 2 aliphatic heterocycles. The molecule has 2 fully saturated rings. The maximum Gasteiger partial charge on any atom is 0.294 e. The topological polar surface area (TPSA) is 122 Å². The monoisotopic (exact) mass is 551 g/mol. The third kappa shape index (κ3) is 9.94. The molecule has 0 aromatic heterocycles. The summed E-state index contributed by atoms with van der Waals surface area (Å²) in [7, 11) is 0. The number of rotatable bonds is 6. The molecule has 9 nitrogen and oxygen atoms in total. The Balaban J connectivity index is 0.000000259. The summed E-state index contributed by atoms with van der Waals surface area (Å²) in [5, 5.41) is 3.73. The molecule has 200 valence electrons. The fraction of sp³-hybridized carbons (Fsp3) is 0.385. The molecule has 0 aliphatic carbocycles. The number of piperidine rings is 2. The fourth-order valence-electron chi connectivity index (χ4n) is 4.12. The predicted octanol–water partition coefficient (Wildman–Crippen LogP) is 2.67. The Kier molecular flexibility index (Phi) is 14.0. The quantitative estimate of drug-likeness (QED) is 0.195. The van der Waals surface area contributed by atoms with E-state index in [1.165, 1.54) is 0 Å². The Hall–Kier alpha value is -2.11. The van der Waals surface area contributed by atoms with E-state index in [4.69, 9.17) is 0 Å². The van der Waals surface area contributed by atoms with Gasteiger partial charge in [-0.2, -0.15) is 5.10 Å². The molecule has 2 aliphatic rings. The second-order valence-corrected chi connectivity index (χ2v) is 9.21. The largest absolute Gasteiger partial charge is 0.754 e. The van der Waals surface area contributed by atoms with Gasteiger partial charge in [0.1, 0.15) is 0 Å². The van der Waals surface area contributed by atoms with Crippen molar-refractivity contribution in [1.29, 1.82) is 0 Å². The number of nitrogens with zero attached hydrogens (tertiary/aromatic N) is 3. The fourth-order valence-corrected chi connectivity index (χ4v) is 4.28. The molecule has 1 N–H and O–H groups in total. The summed E-state index contributed by atoms with van der Waals surface area (Å²) in [6.07, 6.45) is 6.22. The zero-order valence-corrected chi connectivity index (χ0v) is 22.0. The maximum absolute atomic E-state index is 12.5. The van der Waals surface area contributed by atoms with Gasteiger partial charge in [0.05, 0.1) is 11.3 Å². The number of carbonyl (C=O) groups is 3. The summed E-state index contributed by atoms with van der Waals surface area (Å²) in [5.41, 5.74) is 1.20. The number of nitrogens with one attached hydrogen (secondary N) is 1. The van der Waals surface area contributed by atoms with Crippen LogP contribution in [0.1, 0.15) is 54.4 Å². The molecule has 4 rings (SSSR count). The van der Waals surface area contributed by atoms with Crippen molar-refractivity contribution in [1.82, 2.24) is 14.6 Å². The third-order valence-electron chi connectivity index (χ3n) is 6.00. The van der Waals surface area contributed by atoms with E-state index >= 15 is 0 Å². The molecule has 2 saturated heterocycles. The van der Waals surface area contributed by atoms with E-state index in [9.17, 15) is 23.1 Å². The normalized spacial score (nSPS) is 16.4. The second kappa shape index (κ2) is 16.7. The Labute approximate surface area is 250 Å². The van der Waals surface area contributed by atoms with Crippen LogP contribution in [0.3, 0.4) is 0 Å². The molecule has 1 atom stereocenters. The molecule has 0 spiro atoms. The standard InChI is InChI=1S/C13H17N3O3S.C13H15NO2.Ar/c17-13(16-9-5-2-6-10-16)12(14-15-20(18)19)11-7-3-1-4-8-11;15-12(11-7-3-1-4-8-11)13(16)14-9-5-2-6-10-14;/h1,3-4,7-8,15H,2,5-6,9-10H2,(H,18,19);1,3-4,7-8H,2,5-6,9-10H2;/p-1/b14-12-;;. The van der Waals surface area contributed by atoms with Crippen molar-refractivity contribution in [3.05, 3.63) is 71.8 Å². The summed E-state index contributed by atoms with van der Waals surface area (Å²) < 4.78 is 21.2. The average molecular weight is 552 g/mol. The van der Waals surface area contributed by atoms with Crippen molar-refractivity contribution in [2.75, 3.05) is 26.2 Å². The number of hydrogen-bond donors (Lipinski definition) is 1. The molecule has 2 amide bonds. The zero-order chi connectivity index (χ0) is 25.8. The summed E-state index contributed by atoms with van der Waals surface area (Å²) >= 11 is -2.54. The molecule has 0 saturated carbocycles. The van der Waals surface area contributed by atoms with E-state index in [1.807, 2.05) is 17.0 Å². The number of amides is 2. The van der Waals surface area contributed by atoms with E-state index in [2.05, 4.69) is 5.10 Å². The second-order valence-electron chi connectivity index (χ2n) is 8.55. The minimum Gasteiger partial charge on any atom is -0.754 e. The molecule has 2 aromatic rings. The minimum absolute atomic E-state index is 0. The van der Waals surface area contributed by atoms with Crippen LogP contribution in [0.4, 0.5) is 0 Å². The molecule has 2 heterocycles. The van der Waals surface area contributed by atoms with Gasteiger partial charge in [0.15, 0.2) is 5.71 Å². The van der Waals surface area contributed by atoms with Gasteiger partial charge in [-0.3, -0.25) is 18.6 Å². The van der Waals surface area contributed by atoms with Crippen molar-refractivity contribution in [3.63, 3.8) is 0 Å². The zero-order valence-electron chi connectivity index (χ0n) is 20.5. The first-order valence-corrected chi connectivity index (χ1v) is 13.2. The van der Waals surface area contributed by atoms with Crippen LogP contribution in [0.5, 0.6) is 0 Å². The molecule has 2 aromatic carbocycles. The first-order chi connectivity index (χ1) is 17.5. The Bertz CT molecular complexity index is 1070. The van der Waals surface area contributed by atoms with Gasteiger partial charge in [0.2, 0.25) is 5.78 Å². The van der Waals surface area contributed by atoms with Gasteiger partial charge in [0, 0.05) is 75.0 Å². The van der Waals surface area contributed by atoms with Crippen LogP contribution in [0.25, 0.3) is 0 Å². The van der Waals surface area contributed by atoms with Gasteiger partial charge in [0.25, 0.3) is 11.8 Å². The average Bonchev–Trinajstić information content (AvgIpc) is 2.94. The number of benzene rings is 2. The molecule has 0 radical (unpaired) electrons. The SMILES string of the molecule is O=C(/C(=N\NS(=O)[O-])c1ccccc1)N1CCCCC1.O=C(C(=O)N1CCCCC1)c1ccccc1.[Ar]. The number of likely N-dealkylation sites (tertiary alicyclic amines) is 2. The van der Waals surface area contributed by atoms with Gasteiger partial charge >= 0.3 is 0 Å². The van der Waals surface area contributed by atoms with Crippen molar-refractivity contribution >= 4 is 34.6 Å². The van der Waals surface area contributed by atoms with Crippen LogP contribution in [0.15, 0.2) is 65.8 Å². The van der Waals surface area contributed by atoms with Gasteiger partial charge in [-0.15, -0.1) is 0 Å². The molecule has 0 bridgehead atoms. The predicted molar refractivity (Wildman–Crippen MR) is 137 cm³/mol. The number of ketones is 1. The Morgan fingerprint density at radius 1 is 0.703 bits per heavy atom. The molecule has 1 unspecified atom stereocenters. The summed E-state index contributed by atoms with van der Waals surface area (Å²) in [6.45, 7) is 2.81. The molecule has 37 heavy (non-hydrogen) atoms. The molecular formula is C26H31ArN4O5S-.